The van der Waals surface area contributed by atoms with Crippen LogP contribution in [0.5, 0.6) is 46.0 Å². The fourth-order valence-corrected chi connectivity index (χ4v) is 10.5. The Labute approximate surface area is 491 Å². The number of likely N-dealkylation sites (N-methyl/N-ethyl adjacent to an activating group) is 1. The number of primary amides is 1. The number of halogens is 2. The third kappa shape index (κ3) is 13.0. The standard InChI is InChI=1S/C56H61BCl2N8O17/c1-23(2)14-33(61-3)51(71)65-45-47(69)25-9-12-36(31(58)16-25)83-39-18-27-19-40(49(39)82-7)84-37-13-10-26(17-32(37)59)48(70)46-56(76)67-50(57(77)78)30-20-28(79-4)21-38(81-6)42(30)29-15-24(8-11-35(29)80-5)43(53(73)66-46)64-54(74)44(27)63-52(72)34(22-41(60)68)62-55(45)75/h8-13,15-21,23,33-34,43-48,50,61,69-70,77-78H,14,22H2,1-7H3,(H2,60,68)(H,62,75)(H,63,72)(H,64,74)(H,65,71)(H,66,73)(H,67,76)/t33-,34?,43+,44+,45+,46-,47+,48+,50?/m0/s1. The summed E-state index contributed by atoms with van der Waals surface area (Å²) in [5.74, 6) is -10.2. The van der Waals surface area contributed by atoms with Crippen molar-refractivity contribution in [3.05, 3.63) is 117 Å². The Morgan fingerprint density at radius 2 is 1.24 bits per heavy atom. The first-order valence-corrected chi connectivity index (χ1v) is 26.9. The van der Waals surface area contributed by atoms with Crippen LogP contribution in [0.2, 0.25) is 10.0 Å². The summed E-state index contributed by atoms with van der Waals surface area (Å²) in [5, 5.41) is 64.1. The average molecular weight is 1200 g/mol. The Hall–Kier alpha value is -8.37. The molecule has 7 amide bonds. The van der Waals surface area contributed by atoms with Gasteiger partial charge in [0, 0.05) is 17.2 Å². The molecule has 0 aromatic heterocycles. The lowest BCUT2D eigenvalue weighted by atomic mass is 9.72. The molecule has 25 nitrogen and oxygen atoms in total. The van der Waals surface area contributed by atoms with Gasteiger partial charge in [-0.25, -0.2) is 0 Å². The molecule has 28 heteroatoms. The van der Waals surface area contributed by atoms with Gasteiger partial charge in [0.15, 0.2) is 11.5 Å². The van der Waals surface area contributed by atoms with Gasteiger partial charge in [0.25, 0.3) is 0 Å². The topological polar surface area (TPSA) is 366 Å². The second-order valence-electron chi connectivity index (χ2n) is 20.2. The molecule has 5 heterocycles. The Bertz CT molecular complexity index is 3410. The number of aliphatic hydroxyl groups is 2. The molecular weight excluding hydrogens is 1140 g/mol. The predicted octanol–water partition coefficient (Wildman–Crippen LogP) is 2.53. The van der Waals surface area contributed by atoms with Gasteiger partial charge < -0.3 is 91.6 Å². The molecule has 0 saturated heterocycles. The van der Waals surface area contributed by atoms with Crippen LogP contribution in [-0.4, -0.2) is 128 Å². The zero-order valence-electron chi connectivity index (χ0n) is 46.2. The minimum Gasteiger partial charge on any atom is -0.497 e. The van der Waals surface area contributed by atoms with E-state index < -0.39 is 109 Å². The van der Waals surface area contributed by atoms with Crippen LogP contribution in [-0.2, 0) is 33.6 Å². The Balaban J connectivity index is 1.39. The molecule has 11 bridgehead atoms. The van der Waals surface area contributed by atoms with E-state index in [-0.39, 0.29) is 101 Å². The molecule has 13 N–H and O–H groups in total. The van der Waals surface area contributed by atoms with E-state index in [4.69, 9.17) is 57.4 Å². The Morgan fingerprint density at radius 1 is 0.655 bits per heavy atom. The molecule has 84 heavy (non-hydrogen) atoms. The maximum absolute atomic E-state index is 15.7. The quantitative estimate of drug-likeness (QED) is 0.0799. The van der Waals surface area contributed by atoms with Crippen molar-refractivity contribution < 1.29 is 82.2 Å². The van der Waals surface area contributed by atoms with Gasteiger partial charge in [-0.15, -0.1) is 0 Å². The predicted molar refractivity (Wildman–Crippen MR) is 302 cm³/mol. The molecule has 5 aromatic rings. The van der Waals surface area contributed by atoms with Crippen LogP contribution in [0.3, 0.4) is 0 Å². The number of benzene rings is 5. The number of methoxy groups -OCH3 is 4. The van der Waals surface area contributed by atoms with E-state index in [1.165, 1.54) is 114 Å². The van der Waals surface area contributed by atoms with E-state index in [1.54, 1.807) is 0 Å². The van der Waals surface area contributed by atoms with E-state index in [1.807, 2.05) is 13.8 Å². The van der Waals surface area contributed by atoms with Crippen LogP contribution < -0.4 is 71.4 Å². The first-order chi connectivity index (χ1) is 40.0. The van der Waals surface area contributed by atoms with Gasteiger partial charge in [-0.1, -0.05) is 55.2 Å². The monoisotopic (exact) mass is 1200 g/mol. The maximum Gasteiger partial charge on any atom is 0.480 e. The van der Waals surface area contributed by atoms with Gasteiger partial charge in [0.2, 0.25) is 47.1 Å². The summed E-state index contributed by atoms with van der Waals surface area (Å²) >= 11 is 13.8. The molecule has 0 spiro atoms. The van der Waals surface area contributed by atoms with Crippen LogP contribution in [0.15, 0.2) is 78.9 Å². The number of rotatable bonds is 12. The van der Waals surface area contributed by atoms with Crippen LogP contribution in [0.25, 0.3) is 11.1 Å². The van der Waals surface area contributed by atoms with E-state index >= 15 is 9.59 Å². The second kappa shape index (κ2) is 26.1. The van der Waals surface area contributed by atoms with Crippen molar-refractivity contribution in [2.24, 2.45) is 11.7 Å². The molecule has 0 fully saturated rings. The van der Waals surface area contributed by atoms with Gasteiger partial charge in [0.05, 0.1) is 56.9 Å². The van der Waals surface area contributed by atoms with Crippen molar-refractivity contribution >= 4 is 71.7 Å². The highest BCUT2D eigenvalue weighted by Gasteiger charge is 2.42. The van der Waals surface area contributed by atoms with Crippen molar-refractivity contribution in [3.8, 4) is 57.1 Å². The molecule has 9 atom stereocenters. The number of carbonyl (C=O) groups is 7. The van der Waals surface area contributed by atoms with Gasteiger partial charge in [-0.2, -0.15) is 0 Å². The largest absolute Gasteiger partial charge is 0.497 e. The van der Waals surface area contributed by atoms with E-state index in [0.717, 1.165) is 0 Å². The summed E-state index contributed by atoms with van der Waals surface area (Å²) in [6.45, 7) is 3.73. The maximum atomic E-state index is 15.7. The number of amides is 7. The molecule has 5 aliphatic rings. The number of hydrogen-bond donors (Lipinski definition) is 12. The summed E-state index contributed by atoms with van der Waals surface area (Å²) in [7, 11) is 4.39. The zero-order chi connectivity index (χ0) is 61.0. The molecule has 5 aromatic carbocycles. The summed E-state index contributed by atoms with van der Waals surface area (Å²) in [6.07, 6.45) is -4.51. The first-order valence-electron chi connectivity index (χ1n) is 26.1. The molecule has 0 aliphatic carbocycles. The molecule has 5 aliphatic heterocycles. The van der Waals surface area contributed by atoms with E-state index in [9.17, 15) is 44.2 Å². The number of fused-ring (bicyclic) bond motifs is 15. The van der Waals surface area contributed by atoms with Gasteiger partial charge >= 0.3 is 7.12 Å². The second-order valence-corrected chi connectivity index (χ2v) is 21.0. The number of ether oxygens (including phenoxy) is 6. The minimum atomic E-state index is -2.37. The smallest absolute Gasteiger partial charge is 0.480 e. The minimum absolute atomic E-state index is 0.0113. The number of carbonyl (C=O) groups excluding carboxylic acids is 7. The van der Waals surface area contributed by atoms with Crippen LogP contribution in [0, 0.1) is 5.92 Å². The zero-order valence-corrected chi connectivity index (χ0v) is 47.7. The Kier molecular flexibility index (Phi) is 19.1. The van der Waals surface area contributed by atoms with Crippen molar-refractivity contribution in [1.29, 1.82) is 0 Å². The summed E-state index contributed by atoms with van der Waals surface area (Å²) in [4.78, 5) is 102. The van der Waals surface area contributed by atoms with Crippen LogP contribution in [0.4, 0.5) is 0 Å². The lowest BCUT2D eigenvalue weighted by molar-refractivity contribution is -0.137. The summed E-state index contributed by atoms with van der Waals surface area (Å²) in [5.41, 5.74) is 5.52. The molecule has 2 unspecified atom stereocenters. The number of aliphatic hydroxyl groups excluding tert-OH is 2. The number of hydrogen-bond acceptors (Lipinski definition) is 18. The molecule has 10 rings (SSSR count). The third-order valence-electron chi connectivity index (χ3n) is 14.2. The van der Waals surface area contributed by atoms with E-state index in [0.29, 0.717) is 6.42 Å². The highest BCUT2D eigenvalue weighted by molar-refractivity contribution is 6.44. The lowest BCUT2D eigenvalue weighted by Crippen LogP contribution is -2.59. The van der Waals surface area contributed by atoms with Crippen molar-refractivity contribution in [2.75, 3.05) is 35.5 Å². The highest BCUT2D eigenvalue weighted by atomic mass is 35.5. The molecule has 0 radical (unpaired) electrons. The van der Waals surface area contributed by atoms with Gasteiger partial charge in [-0.3, -0.25) is 33.6 Å². The number of nitrogens with two attached hydrogens (primary N) is 1. The van der Waals surface area contributed by atoms with E-state index in [2.05, 4.69) is 37.2 Å². The molecule has 0 saturated carbocycles. The number of nitrogens with one attached hydrogen (secondary N) is 7. The SMILES string of the molecule is CN[C@@H](CC(C)C)C(=O)N[C@H]1C(=O)NC(CC(N)=O)C(=O)N[C@H]2C(=O)N[C@H]3C(=O)N[C@H](C(=O)NC(B(O)O)c4cc(OC)cc(OC)c4-c4cc3ccc4OC)[C@H](O)c3ccc(c(Cl)c3)Oc3cc2cc(c3OC)Oc2ccc(cc2Cl)[C@H]1O. The normalized spacial score (nSPS) is 21.8. The lowest BCUT2D eigenvalue weighted by Gasteiger charge is -2.32. The van der Waals surface area contributed by atoms with Crippen molar-refractivity contribution in [2.45, 2.75) is 81.1 Å². The fraction of sp³-hybridized carbons (Fsp3) is 0.339. The average Bonchev–Trinajstić information content (AvgIpc) is 2.07. The fourth-order valence-electron chi connectivity index (χ4n) is 10.0. The van der Waals surface area contributed by atoms with Crippen molar-refractivity contribution in [1.82, 2.24) is 37.2 Å². The Morgan fingerprint density at radius 3 is 1.79 bits per heavy atom. The van der Waals surface area contributed by atoms with Crippen molar-refractivity contribution in [3.63, 3.8) is 0 Å². The van der Waals surface area contributed by atoms with Crippen LogP contribution in [0.1, 0.15) is 84.7 Å². The van der Waals surface area contributed by atoms with Gasteiger partial charge in [0.1, 0.15) is 71.2 Å². The third-order valence-corrected chi connectivity index (χ3v) is 14.8. The highest BCUT2D eigenvalue weighted by Crippen LogP contribution is 2.48. The summed E-state index contributed by atoms with van der Waals surface area (Å²) in [6, 6.07) is 6.64. The summed E-state index contributed by atoms with van der Waals surface area (Å²) < 4.78 is 35.8. The van der Waals surface area contributed by atoms with Crippen LogP contribution >= 0.6 is 23.2 Å². The first kappa shape index (κ1) is 61.7. The molecule has 444 valence electrons. The molecular formula is C56H61BCl2N8O17. The van der Waals surface area contributed by atoms with Gasteiger partial charge in [-0.05, 0) is 102 Å².